The van der Waals surface area contributed by atoms with E-state index in [1.54, 1.807) is 12.5 Å². The van der Waals surface area contributed by atoms with Gasteiger partial charge in [-0.25, -0.2) is 9.78 Å². The van der Waals surface area contributed by atoms with Gasteiger partial charge in [-0.1, -0.05) is 30.3 Å². The number of hydrogen-bond donors (Lipinski definition) is 4. The number of rotatable bonds is 9. The van der Waals surface area contributed by atoms with Gasteiger partial charge in [0.05, 0.1) is 6.33 Å². The molecule has 0 radical (unpaired) electrons. The summed E-state index contributed by atoms with van der Waals surface area (Å²) in [7, 11) is 2.18. The van der Waals surface area contributed by atoms with Crippen LogP contribution < -0.4 is 10.6 Å². The van der Waals surface area contributed by atoms with E-state index in [0.717, 1.165) is 35.1 Å². The average Bonchev–Trinajstić information content (AvgIpc) is 3.66. The maximum absolute atomic E-state index is 13.3. The molecule has 0 spiro atoms. The third kappa shape index (κ3) is 6.18. The van der Waals surface area contributed by atoms with Crippen LogP contribution in [0.2, 0.25) is 0 Å². The number of aromatic amines is 2. The number of hydrogen-bond acceptors (Lipinski definition) is 5. The molecule has 0 bridgehead atoms. The summed E-state index contributed by atoms with van der Waals surface area (Å²) in [5, 5.41) is 6.78. The Kier molecular flexibility index (Phi) is 7.51. The van der Waals surface area contributed by atoms with E-state index in [-0.39, 0.29) is 18.9 Å². The molecule has 2 atom stereocenters. The Hall–Kier alpha value is -4.11. The molecule has 1 aliphatic rings. The van der Waals surface area contributed by atoms with Gasteiger partial charge in [-0.3, -0.25) is 4.79 Å². The number of nitrogens with zero attached hydrogens (tertiary/aromatic N) is 2. The van der Waals surface area contributed by atoms with E-state index < -0.39 is 12.1 Å². The number of fused-ring (bicyclic) bond motifs is 1. The molecule has 1 aliphatic heterocycles. The number of carbonyl (C=O) groups excluding carboxylic acids is 2. The highest BCUT2D eigenvalue weighted by molar-refractivity contribution is 5.98. The van der Waals surface area contributed by atoms with E-state index in [9.17, 15) is 9.59 Å². The van der Waals surface area contributed by atoms with E-state index in [1.165, 1.54) is 18.4 Å². The smallest absolute Gasteiger partial charge is 0.408 e. The summed E-state index contributed by atoms with van der Waals surface area (Å²) in [5.41, 5.74) is 4.54. The minimum absolute atomic E-state index is 0.119. The van der Waals surface area contributed by atoms with E-state index in [2.05, 4.69) is 43.7 Å². The topological polar surface area (TPSA) is 115 Å². The van der Waals surface area contributed by atoms with Gasteiger partial charge < -0.3 is 30.2 Å². The normalized spacial score (nSPS) is 16.5. The lowest BCUT2D eigenvalue weighted by Crippen LogP contribution is -2.45. The van der Waals surface area contributed by atoms with Crippen molar-refractivity contribution >= 4 is 28.6 Å². The first kappa shape index (κ1) is 24.6. The van der Waals surface area contributed by atoms with Crippen LogP contribution in [-0.2, 0) is 29.0 Å². The number of alkyl carbamates (subject to hydrolysis) is 1. The standard InChI is InChI=1S/C28H32N6O3/c1-34-11-5-8-23(34)12-20-15-30-25-10-9-21(13-24(20)25)32-27(35)26(14-22-16-29-18-31-22)33-28(36)37-17-19-6-3-2-4-7-19/h2-4,6-7,9-10,13,15-16,18,23,26,30H,5,8,11-12,14,17H2,1H3,(H,29,31)(H,32,35)(H,33,36)/t23-,26+/m1/s1. The van der Waals surface area contributed by atoms with Crippen LogP contribution in [0.4, 0.5) is 10.5 Å². The molecule has 0 unspecified atom stereocenters. The second kappa shape index (κ2) is 11.3. The molecule has 4 N–H and O–H groups in total. The number of benzene rings is 2. The number of carbonyl (C=O) groups is 2. The SMILES string of the molecule is CN1CCC[C@@H]1Cc1c[nH]c2ccc(NC(=O)[C@H](Cc3cnc[nH]3)NC(=O)OCc3ccccc3)cc12. The molecular weight excluding hydrogens is 468 g/mol. The summed E-state index contributed by atoms with van der Waals surface area (Å²) in [6, 6.07) is 14.9. The quantitative estimate of drug-likeness (QED) is 0.277. The van der Waals surface area contributed by atoms with E-state index in [1.807, 2.05) is 48.5 Å². The fraction of sp³-hybridized carbons (Fsp3) is 0.321. The van der Waals surface area contributed by atoms with Gasteiger partial charge >= 0.3 is 6.09 Å². The van der Waals surface area contributed by atoms with Gasteiger partial charge in [-0.2, -0.15) is 0 Å². The number of aromatic nitrogens is 3. The Morgan fingerprint density at radius 2 is 2.05 bits per heavy atom. The molecule has 3 heterocycles. The van der Waals surface area contributed by atoms with Crippen molar-refractivity contribution in [3.05, 3.63) is 84.1 Å². The van der Waals surface area contributed by atoms with E-state index in [4.69, 9.17) is 4.74 Å². The number of likely N-dealkylation sites (N-methyl/N-ethyl adjacent to an activating group) is 1. The van der Waals surface area contributed by atoms with Gasteiger partial charge in [0.1, 0.15) is 12.6 Å². The summed E-state index contributed by atoms with van der Waals surface area (Å²) >= 11 is 0. The molecule has 1 fully saturated rings. The van der Waals surface area contributed by atoms with Crippen LogP contribution in [0, 0.1) is 0 Å². The number of imidazole rings is 1. The number of H-pyrrole nitrogens is 2. The van der Waals surface area contributed by atoms with Crippen molar-refractivity contribution in [2.75, 3.05) is 18.9 Å². The summed E-state index contributed by atoms with van der Waals surface area (Å²) in [6.45, 7) is 1.25. The van der Waals surface area contributed by atoms with Crippen molar-refractivity contribution in [3.8, 4) is 0 Å². The molecule has 37 heavy (non-hydrogen) atoms. The number of amides is 2. The van der Waals surface area contributed by atoms with Crippen molar-refractivity contribution in [2.45, 2.75) is 44.4 Å². The molecule has 192 valence electrons. The van der Waals surface area contributed by atoms with E-state index in [0.29, 0.717) is 11.7 Å². The first-order chi connectivity index (χ1) is 18.0. The third-order valence-electron chi connectivity index (χ3n) is 6.96. The van der Waals surface area contributed by atoms with Gasteiger partial charge in [0.2, 0.25) is 5.91 Å². The van der Waals surface area contributed by atoms with Gasteiger partial charge in [-0.15, -0.1) is 0 Å². The third-order valence-corrected chi connectivity index (χ3v) is 6.96. The lowest BCUT2D eigenvalue weighted by molar-refractivity contribution is -0.118. The maximum Gasteiger partial charge on any atom is 0.408 e. The van der Waals surface area contributed by atoms with Crippen LogP contribution in [0.1, 0.15) is 29.7 Å². The number of anilines is 1. The Balaban J connectivity index is 1.27. The molecule has 0 aliphatic carbocycles. The molecule has 9 heteroatoms. The zero-order valence-electron chi connectivity index (χ0n) is 20.9. The summed E-state index contributed by atoms with van der Waals surface area (Å²) in [4.78, 5) is 38.6. The first-order valence-electron chi connectivity index (χ1n) is 12.6. The molecule has 4 aromatic rings. The zero-order valence-corrected chi connectivity index (χ0v) is 20.9. The fourth-order valence-corrected chi connectivity index (χ4v) is 4.88. The second-order valence-electron chi connectivity index (χ2n) is 9.58. The summed E-state index contributed by atoms with van der Waals surface area (Å²) < 4.78 is 5.35. The Morgan fingerprint density at radius 1 is 1.19 bits per heavy atom. The average molecular weight is 501 g/mol. The van der Waals surface area contributed by atoms with Crippen molar-refractivity contribution < 1.29 is 14.3 Å². The van der Waals surface area contributed by atoms with Crippen LogP contribution in [0.25, 0.3) is 10.9 Å². The Labute approximate surface area is 215 Å². The first-order valence-corrected chi connectivity index (χ1v) is 12.6. The number of ether oxygens (including phenoxy) is 1. The predicted molar refractivity (Wildman–Crippen MR) is 142 cm³/mol. The van der Waals surface area contributed by atoms with Crippen LogP contribution >= 0.6 is 0 Å². The van der Waals surface area contributed by atoms with E-state index >= 15 is 0 Å². The second-order valence-corrected chi connectivity index (χ2v) is 9.58. The van der Waals surface area contributed by atoms with Gasteiger partial charge in [-0.05, 0) is 62.2 Å². The Morgan fingerprint density at radius 3 is 2.81 bits per heavy atom. The molecule has 9 nitrogen and oxygen atoms in total. The van der Waals surface area contributed by atoms with Gasteiger partial charge in [0, 0.05) is 47.1 Å². The summed E-state index contributed by atoms with van der Waals surface area (Å²) in [6.07, 6.45) is 8.21. The molecule has 2 aromatic heterocycles. The molecular formula is C28H32N6O3. The minimum atomic E-state index is -0.850. The fourth-order valence-electron chi connectivity index (χ4n) is 4.88. The maximum atomic E-state index is 13.3. The monoisotopic (exact) mass is 500 g/mol. The summed E-state index contributed by atoms with van der Waals surface area (Å²) in [5.74, 6) is -0.335. The van der Waals surface area contributed by atoms with Crippen LogP contribution in [-0.4, -0.2) is 57.5 Å². The lowest BCUT2D eigenvalue weighted by atomic mass is 10.0. The molecule has 0 saturated carbocycles. The van der Waals surface area contributed by atoms with Gasteiger partial charge in [0.15, 0.2) is 0 Å². The Bertz CT molecular complexity index is 1330. The van der Waals surface area contributed by atoms with Gasteiger partial charge in [0.25, 0.3) is 0 Å². The largest absolute Gasteiger partial charge is 0.445 e. The lowest BCUT2D eigenvalue weighted by Gasteiger charge is -2.19. The van der Waals surface area contributed by atoms with Crippen molar-refractivity contribution in [1.82, 2.24) is 25.2 Å². The van der Waals surface area contributed by atoms with Crippen molar-refractivity contribution in [2.24, 2.45) is 0 Å². The highest BCUT2D eigenvalue weighted by Gasteiger charge is 2.24. The highest BCUT2D eigenvalue weighted by Crippen LogP contribution is 2.27. The van der Waals surface area contributed by atoms with Crippen molar-refractivity contribution in [1.29, 1.82) is 0 Å². The zero-order chi connectivity index (χ0) is 25.6. The van der Waals surface area contributed by atoms with Crippen LogP contribution in [0.5, 0.6) is 0 Å². The minimum Gasteiger partial charge on any atom is -0.445 e. The van der Waals surface area contributed by atoms with Crippen LogP contribution in [0.15, 0.2) is 67.3 Å². The number of nitrogens with one attached hydrogen (secondary N) is 4. The predicted octanol–water partition coefficient (Wildman–Crippen LogP) is 4.00. The molecule has 2 amide bonds. The molecule has 1 saturated heterocycles. The number of likely N-dealkylation sites (tertiary alicyclic amines) is 1. The van der Waals surface area contributed by atoms with Crippen molar-refractivity contribution in [3.63, 3.8) is 0 Å². The highest BCUT2D eigenvalue weighted by atomic mass is 16.5. The van der Waals surface area contributed by atoms with Crippen LogP contribution in [0.3, 0.4) is 0 Å². The molecule has 2 aromatic carbocycles. The molecule has 5 rings (SSSR count).